The predicted octanol–water partition coefficient (Wildman–Crippen LogP) is 5.87. The van der Waals surface area contributed by atoms with E-state index in [0.29, 0.717) is 27.7 Å². The fourth-order valence-electron chi connectivity index (χ4n) is 3.40. The van der Waals surface area contributed by atoms with Gasteiger partial charge in [-0.3, -0.25) is 9.59 Å². The number of nitrogens with one attached hydrogen (secondary N) is 1. The summed E-state index contributed by atoms with van der Waals surface area (Å²) < 4.78 is 5.44. The summed E-state index contributed by atoms with van der Waals surface area (Å²) in [5.41, 5.74) is 2.95. The zero-order chi connectivity index (χ0) is 24.4. The Balaban J connectivity index is 1.48. The molecule has 1 aliphatic rings. The van der Waals surface area contributed by atoms with Gasteiger partial charge in [0.1, 0.15) is 16.5 Å². The van der Waals surface area contributed by atoms with Gasteiger partial charge in [-0.05, 0) is 73.0 Å². The number of hydrogen-bond acceptors (Lipinski definition) is 5. The van der Waals surface area contributed by atoms with Gasteiger partial charge in [-0.1, -0.05) is 48.3 Å². The van der Waals surface area contributed by atoms with Crippen LogP contribution in [0.3, 0.4) is 0 Å². The molecule has 6 nitrogen and oxygen atoms in total. The number of aryl methyl sites for hydroxylation is 2. The molecular formula is C26H20Cl2N2O4. The molecule has 0 unspecified atom stereocenters. The van der Waals surface area contributed by atoms with Crippen LogP contribution in [-0.2, 0) is 16.0 Å². The number of amides is 2. The van der Waals surface area contributed by atoms with E-state index in [1.165, 1.54) is 6.07 Å². The Kier molecular flexibility index (Phi) is 6.72. The summed E-state index contributed by atoms with van der Waals surface area (Å²) in [6.07, 6.45) is 0.833. The van der Waals surface area contributed by atoms with Crippen molar-refractivity contribution in [3.05, 3.63) is 99.2 Å². The Morgan fingerprint density at radius 1 is 0.971 bits per heavy atom. The van der Waals surface area contributed by atoms with Crippen molar-refractivity contribution in [3.63, 3.8) is 0 Å². The van der Waals surface area contributed by atoms with E-state index < -0.39 is 17.8 Å². The van der Waals surface area contributed by atoms with E-state index in [1.54, 1.807) is 42.5 Å². The standard InChI is InChI=1S/C26H20Cl2N2O4/c1-3-16-5-4-6-20(13-16)34-26(33)17-8-10-18(11-9-17)29-23-22(28)24(31)30(25(23)32)19-12-7-15(2)21(27)14-19/h4-14,29H,3H2,1-2H3. The van der Waals surface area contributed by atoms with E-state index >= 15 is 0 Å². The normalized spacial score (nSPS) is 13.5. The van der Waals surface area contributed by atoms with Crippen molar-refractivity contribution in [3.8, 4) is 5.75 Å². The number of imide groups is 1. The summed E-state index contributed by atoms with van der Waals surface area (Å²) in [6.45, 7) is 3.84. The largest absolute Gasteiger partial charge is 0.423 e. The van der Waals surface area contributed by atoms with Crippen molar-refractivity contribution in [1.29, 1.82) is 0 Å². The molecule has 1 aliphatic heterocycles. The lowest BCUT2D eigenvalue weighted by Gasteiger charge is -2.16. The highest BCUT2D eigenvalue weighted by molar-refractivity contribution is 6.53. The van der Waals surface area contributed by atoms with E-state index in [2.05, 4.69) is 5.32 Å². The first-order chi connectivity index (χ1) is 16.3. The molecule has 0 aliphatic carbocycles. The molecule has 0 bridgehead atoms. The zero-order valence-electron chi connectivity index (χ0n) is 18.4. The second-order valence-electron chi connectivity index (χ2n) is 7.66. The smallest absolute Gasteiger partial charge is 0.343 e. The van der Waals surface area contributed by atoms with Gasteiger partial charge in [0.25, 0.3) is 11.8 Å². The van der Waals surface area contributed by atoms with Crippen molar-refractivity contribution in [2.24, 2.45) is 0 Å². The zero-order valence-corrected chi connectivity index (χ0v) is 19.9. The molecule has 1 heterocycles. The number of esters is 1. The molecule has 3 aromatic carbocycles. The van der Waals surface area contributed by atoms with Gasteiger partial charge in [-0.15, -0.1) is 0 Å². The Morgan fingerprint density at radius 2 is 1.71 bits per heavy atom. The van der Waals surface area contributed by atoms with E-state index in [1.807, 2.05) is 32.0 Å². The summed E-state index contributed by atoms with van der Waals surface area (Å²) in [5, 5.41) is 3.07. The van der Waals surface area contributed by atoms with Crippen LogP contribution in [-0.4, -0.2) is 17.8 Å². The molecule has 2 amide bonds. The highest BCUT2D eigenvalue weighted by Gasteiger charge is 2.39. The van der Waals surface area contributed by atoms with Crippen LogP contribution in [0.1, 0.15) is 28.4 Å². The molecule has 172 valence electrons. The van der Waals surface area contributed by atoms with Gasteiger partial charge in [-0.25, -0.2) is 9.69 Å². The average molecular weight is 495 g/mol. The molecule has 0 saturated carbocycles. The van der Waals surface area contributed by atoms with Gasteiger partial charge in [0.2, 0.25) is 0 Å². The average Bonchev–Trinajstić information content (AvgIpc) is 3.04. The van der Waals surface area contributed by atoms with E-state index in [9.17, 15) is 14.4 Å². The lowest BCUT2D eigenvalue weighted by molar-refractivity contribution is -0.120. The quantitative estimate of drug-likeness (QED) is 0.263. The molecule has 3 aromatic rings. The monoisotopic (exact) mass is 494 g/mol. The van der Waals surface area contributed by atoms with Gasteiger partial charge in [-0.2, -0.15) is 0 Å². The van der Waals surface area contributed by atoms with Crippen LogP contribution in [0.2, 0.25) is 5.02 Å². The Hall–Kier alpha value is -3.61. The SMILES string of the molecule is CCc1cccc(OC(=O)c2ccc(NC3=C(Cl)C(=O)N(c4ccc(C)c(Cl)c4)C3=O)cc2)c1. The second-order valence-corrected chi connectivity index (χ2v) is 8.45. The van der Waals surface area contributed by atoms with E-state index in [0.717, 1.165) is 22.4 Å². The van der Waals surface area contributed by atoms with Crippen molar-refractivity contribution < 1.29 is 19.1 Å². The summed E-state index contributed by atoms with van der Waals surface area (Å²) in [5.74, 6) is -1.29. The van der Waals surface area contributed by atoms with Crippen LogP contribution in [0, 0.1) is 6.92 Å². The first-order valence-corrected chi connectivity index (χ1v) is 11.3. The number of carbonyl (C=O) groups is 3. The first-order valence-electron chi connectivity index (χ1n) is 10.5. The number of ether oxygens (including phenoxy) is 1. The fraction of sp³-hybridized carbons (Fsp3) is 0.115. The van der Waals surface area contributed by atoms with Crippen molar-refractivity contribution in [2.75, 3.05) is 10.2 Å². The van der Waals surface area contributed by atoms with Crippen LogP contribution in [0.25, 0.3) is 0 Å². The summed E-state index contributed by atoms with van der Waals surface area (Å²) in [7, 11) is 0. The highest BCUT2D eigenvalue weighted by Crippen LogP contribution is 2.32. The predicted molar refractivity (Wildman–Crippen MR) is 132 cm³/mol. The maximum absolute atomic E-state index is 12.9. The van der Waals surface area contributed by atoms with Crippen molar-refractivity contribution in [1.82, 2.24) is 0 Å². The number of halogens is 2. The van der Waals surface area contributed by atoms with Gasteiger partial charge >= 0.3 is 5.97 Å². The molecule has 0 aromatic heterocycles. The third-order valence-corrected chi connectivity index (χ3v) is 6.11. The lowest BCUT2D eigenvalue weighted by Crippen LogP contribution is -2.32. The summed E-state index contributed by atoms with van der Waals surface area (Å²) in [4.78, 5) is 39.0. The molecule has 34 heavy (non-hydrogen) atoms. The summed E-state index contributed by atoms with van der Waals surface area (Å²) in [6, 6.07) is 18.5. The van der Waals surface area contributed by atoms with E-state index in [-0.39, 0.29) is 10.7 Å². The number of nitrogens with zero attached hydrogens (tertiary/aromatic N) is 1. The van der Waals surface area contributed by atoms with Crippen molar-refractivity contribution in [2.45, 2.75) is 20.3 Å². The van der Waals surface area contributed by atoms with Crippen LogP contribution >= 0.6 is 23.2 Å². The van der Waals surface area contributed by atoms with Gasteiger partial charge in [0.05, 0.1) is 11.3 Å². The molecule has 0 radical (unpaired) electrons. The minimum absolute atomic E-state index is 0.0601. The number of hydrogen-bond donors (Lipinski definition) is 1. The highest BCUT2D eigenvalue weighted by atomic mass is 35.5. The summed E-state index contributed by atoms with van der Waals surface area (Å²) >= 11 is 12.3. The topological polar surface area (TPSA) is 75.7 Å². The van der Waals surface area contributed by atoms with Crippen LogP contribution in [0.5, 0.6) is 5.75 Å². The first kappa shape index (κ1) is 23.5. The molecular weight excluding hydrogens is 475 g/mol. The Morgan fingerprint density at radius 3 is 2.38 bits per heavy atom. The van der Waals surface area contributed by atoms with Crippen LogP contribution in [0.4, 0.5) is 11.4 Å². The number of rotatable bonds is 6. The van der Waals surface area contributed by atoms with Gasteiger partial charge in [0, 0.05) is 10.7 Å². The second kappa shape index (κ2) is 9.71. The molecule has 4 rings (SSSR count). The Labute approximate surface area is 206 Å². The van der Waals surface area contributed by atoms with Crippen LogP contribution < -0.4 is 15.0 Å². The van der Waals surface area contributed by atoms with Gasteiger partial charge < -0.3 is 10.1 Å². The maximum Gasteiger partial charge on any atom is 0.343 e. The number of anilines is 2. The van der Waals surface area contributed by atoms with E-state index in [4.69, 9.17) is 27.9 Å². The molecule has 0 spiro atoms. The Bertz CT molecular complexity index is 1330. The molecule has 0 atom stereocenters. The van der Waals surface area contributed by atoms with Crippen LogP contribution in [0.15, 0.2) is 77.5 Å². The molecule has 0 fully saturated rings. The molecule has 8 heteroatoms. The number of benzene rings is 3. The molecule has 0 saturated heterocycles. The maximum atomic E-state index is 12.9. The third kappa shape index (κ3) is 4.69. The molecule has 1 N–H and O–H groups in total. The fourth-order valence-corrected chi connectivity index (χ4v) is 3.78. The van der Waals surface area contributed by atoms with Gasteiger partial charge in [0.15, 0.2) is 0 Å². The minimum atomic E-state index is -0.649. The lowest BCUT2D eigenvalue weighted by atomic mass is 10.1. The minimum Gasteiger partial charge on any atom is -0.423 e. The van der Waals surface area contributed by atoms with Crippen molar-refractivity contribution >= 4 is 52.4 Å². The number of carbonyl (C=O) groups excluding carboxylic acids is 3. The third-order valence-electron chi connectivity index (χ3n) is 5.35.